The van der Waals surface area contributed by atoms with E-state index in [4.69, 9.17) is 9.47 Å². The Morgan fingerprint density at radius 2 is 1.81 bits per heavy atom. The molecule has 16 heavy (non-hydrogen) atoms. The third kappa shape index (κ3) is 4.26. The van der Waals surface area contributed by atoms with Gasteiger partial charge in [0.05, 0.1) is 5.56 Å². The number of halogens is 3. The maximum absolute atomic E-state index is 11.7. The molecule has 0 heterocycles. The zero-order valence-electron chi connectivity index (χ0n) is 8.43. The first-order valence-electron chi connectivity index (χ1n) is 4.45. The van der Waals surface area contributed by atoms with Gasteiger partial charge in [-0.2, -0.15) is 0 Å². The van der Waals surface area contributed by atoms with Crippen LogP contribution in [0.25, 0.3) is 0 Å². The molecule has 1 aromatic carbocycles. The highest BCUT2D eigenvalue weighted by Crippen LogP contribution is 2.22. The minimum atomic E-state index is -0.341. The molecule has 0 bridgehead atoms. The lowest BCUT2D eigenvalue weighted by Crippen LogP contribution is -2.10. The number of hydrogen-bond acceptors (Lipinski definition) is 3. The Kier molecular flexibility index (Phi) is 6.81. The minimum absolute atomic E-state index is 0.00792. The molecule has 3 nitrogen and oxygen atoms in total. The summed E-state index contributed by atoms with van der Waals surface area (Å²) >= 11 is 6.56. The van der Waals surface area contributed by atoms with Crippen LogP contribution in [0, 0.1) is 10.7 Å². The summed E-state index contributed by atoms with van der Waals surface area (Å²) in [7, 11) is 0. The number of carbonyl (C=O) groups is 1. The van der Waals surface area contributed by atoms with Crippen LogP contribution < -0.4 is 0 Å². The number of esters is 1. The van der Waals surface area contributed by atoms with Crippen molar-refractivity contribution < 1.29 is 14.3 Å². The molecule has 0 aliphatic carbocycles. The standard InChI is InChI=1S/C10H9I3O3/c1-2-15-5-16-10(14)6-3-8(12)9(13)4-7(6)11/h3-4H,2,5H2,1H3. The smallest absolute Gasteiger partial charge is 0.341 e. The van der Waals surface area contributed by atoms with Crippen molar-refractivity contribution in [3.63, 3.8) is 0 Å². The zero-order chi connectivity index (χ0) is 12.1. The normalized spacial score (nSPS) is 10.2. The SMILES string of the molecule is CCOCOC(=O)c1cc(I)c(I)cc1I. The lowest BCUT2D eigenvalue weighted by molar-refractivity contribution is -0.0275. The minimum Gasteiger partial charge on any atom is -0.435 e. The second-order valence-corrected chi connectivity index (χ2v) is 6.28. The Labute approximate surface area is 135 Å². The first kappa shape index (κ1) is 14.9. The third-order valence-electron chi connectivity index (χ3n) is 1.71. The van der Waals surface area contributed by atoms with E-state index >= 15 is 0 Å². The van der Waals surface area contributed by atoms with Gasteiger partial charge in [-0.15, -0.1) is 0 Å². The molecule has 0 saturated heterocycles. The molecule has 0 saturated carbocycles. The van der Waals surface area contributed by atoms with Crippen LogP contribution in [0.3, 0.4) is 0 Å². The van der Waals surface area contributed by atoms with Crippen molar-refractivity contribution in [3.8, 4) is 0 Å². The van der Waals surface area contributed by atoms with Gasteiger partial charge in [0.25, 0.3) is 0 Å². The fourth-order valence-corrected chi connectivity index (χ4v) is 3.15. The molecule has 0 radical (unpaired) electrons. The van der Waals surface area contributed by atoms with E-state index in [1.807, 2.05) is 19.1 Å². The quantitative estimate of drug-likeness (QED) is 0.186. The molecule has 6 heteroatoms. The summed E-state index contributed by atoms with van der Waals surface area (Å²) < 4.78 is 13.0. The molecule has 88 valence electrons. The number of carbonyl (C=O) groups excluding carboxylic acids is 1. The van der Waals surface area contributed by atoms with Crippen molar-refractivity contribution in [1.29, 1.82) is 0 Å². The van der Waals surface area contributed by atoms with Crippen LogP contribution in [0.5, 0.6) is 0 Å². The summed E-state index contributed by atoms with van der Waals surface area (Å²) in [6, 6.07) is 3.79. The van der Waals surface area contributed by atoms with E-state index in [9.17, 15) is 4.79 Å². The topological polar surface area (TPSA) is 35.5 Å². The number of benzene rings is 1. The van der Waals surface area contributed by atoms with Crippen molar-refractivity contribution >= 4 is 73.7 Å². The summed E-state index contributed by atoms with van der Waals surface area (Å²) in [5, 5.41) is 0. The molecule has 0 aliphatic heterocycles. The van der Waals surface area contributed by atoms with Crippen molar-refractivity contribution in [1.82, 2.24) is 0 Å². The number of ether oxygens (including phenoxy) is 2. The van der Waals surface area contributed by atoms with Gasteiger partial charge in [-0.05, 0) is 86.8 Å². The van der Waals surface area contributed by atoms with Gasteiger partial charge < -0.3 is 9.47 Å². The summed E-state index contributed by atoms with van der Waals surface area (Å²) in [4.78, 5) is 11.7. The summed E-state index contributed by atoms with van der Waals surface area (Å²) in [6.45, 7) is 2.40. The summed E-state index contributed by atoms with van der Waals surface area (Å²) in [5.41, 5.74) is 0.588. The van der Waals surface area contributed by atoms with Crippen LogP contribution >= 0.6 is 67.8 Å². The largest absolute Gasteiger partial charge is 0.435 e. The molecule has 0 aliphatic rings. The molecule has 1 rings (SSSR count). The first-order valence-corrected chi connectivity index (χ1v) is 7.69. The molecule has 0 aromatic heterocycles. The molecular formula is C10H9I3O3. The van der Waals surface area contributed by atoms with Gasteiger partial charge >= 0.3 is 5.97 Å². The van der Waals surface area contributed by atoms with E-state index in [1.54, 1.807) is 0 Å². The second-order valence-electron chi connectivity index (χ2n) is 2.79. The molecule has 0 spiro atoms. The zero-order valence-corrected chi connectivity index (χ0v) is 14.9. The molecular weight excluding hydrogens is 549 g/mol. The van der Waals surface area contributed by atoms with Crippen molar-refractivity contribution in [2.75, 3.05) is 13.4 Å². The fourth-order valence-electron chi connectivity index (χ4n) is 0.935. The van der Waals surface area contributed by atoms with Gasteiger partial charge in [-0.3, -0.25) is 0 Å². The molecule has 1 aromatic rings. The fraction of sp³-hybridized carbons (Fsp3) is 0.300. The lowest BCUT2D eigenvalue weighted by atomic mass is 10.2. The lowest BCUT2D eigenvalue weighted by Gasteiger charge is -2.07. The van der Waals surface area contributed by atoms with Crippen LogP contribution in [-0.2, 0) is 9.47 Å². The molecule has 0 unspecified atom stereocenters. The van der Waals surface area contributed by atoms with Crippen LogP contribution in [-0.4, -0.2) is 19.4 Å². The van der Waals surface area contributed by atoms with Crippen molar-refractivity contribution in [2.24, 2.45) is 0 Å². The van der Waals surface area contributed by atoms with Crippen molar-refractivity contribution in [3.05, 3.63) is 28.4 Å². The van der Waals surface area contributed by atoms with E-state index in [2.05, 4.69) is 67.8 Å². The van der Waals surface area contributed by atoms with Crippen LogP contribution in [0.1, 0.15) is 17.3 Å². The van der Waals surface area contributed by atoms with Gasteiger partial charge in [-0.1, -0.05) is 0 Å². The van der Waals surface area contributed by atoms with E-state index in [1.165, 1.54) is 0 Å². The predicted octanol–water partition coefficient (Wildman–Crippen LogP) is 3.65. The molecule has 0 amide bonds. The maximum atomic E-state index is 11.7. The summed E-state index contributed by atoms with van der Waals surface area (Å²) in [6.07, 6.45) is 0. The van der Waals surface area contributed by atoms with Gasteiger partial charge in [0, 0.05) is 17.3 Å². The highest BCUT2D eigenvalue weighted by molar-refractivity contribution is 14.1. The van der Waals surface area contributed by atoms with Gasteiger partial charge in [-0.25, -0.2) is 4.79 Å². The van der Waals surface area contributed by atoms with E-state index in [-0.39, 0.29) is 12.8 Å². The second kappa shape index (κ2) is 7.31. The molecule has 0 atom stereocenters. The van der Waals surface area contributed by atoms with E-state index < -0.39 is 0 Å². The van der Waals surface area contributed by atoms with Crippen LogP contribution in [0.2, 0.25) is 0 Å². The average Bonchev–Trinajstić information content (AvgIpc) is 2.23. The van der Waals surface area contributed by atoms with E-state index in [0.29, 0.717) is 12.2 Å². The Bertz CT molecular complexity index is 393. The Morgan fingerprint density at radius 3 is 2.44 bits per heavy atom. The van der Waals surface area contributed by atoms with Gasteiger partial charge in [0.15, 0.2) is 6.79 Å². The predicted molar refractivity (Wildman–Crippen MR) is 86.5 cm³/mol. The average molecular weight is 558 g/mol. The number of hydrogen-bond donors (Lipinski definition) is 0. The maximum Gasteiger partial charge on any atom is 0.341 e. The number of rotatable bonds is 4. The Hall–Kier alpha value is 0.840. The third-order valence-corrected chi connectivity index (χ3v) is 5.42. The first-order chi connectivity index (χ1) is 7.56. The Balaban J connectivity index is 2.79. The van der Waals surface area contributed by atoms with Crippen LogP contribution in [0.15, 0.2) is 12.1 Å². The molecule has 0 N–H and O–H groups in total. The summed E-state index contributed by atoms with van der Waals surface area (Å²) in [5.74, 6) is -0.341. The highest BCUT2D eigenvalue weighted by atomic mass is 127. The monoisotopic (exact) mass is 558 g/mol. The Morgan fingerprint density at radius 1 is 1.19 bits per heavy atom. The van der Waals surface area contributed by atoms with Crippen molar-refractivity contribution in [2.45, 2.75) is 6.92 Å². The van der Waals surface area contributed by atoms with Gasteiger partial charge in [0.1, 0.15) is 0 Å². The van der Waals surface area contributed by atoms with Crippen LogP contribution in [0.4, 0.5) is 0 Å². The van der Waals surface area contributed by atoms with Gasteiger partial charge in [0.2, 0.25) is 0 Å². The molecule has 0 fully saturated rings. The highest BCUT2D eigenvalue weighted by Gasteiger charge is 2.13. The van der Waals surface area contributed by atoms with E-state index in [0.717, 1.165) is 10.7 Å².